The Balaban J connectivity index is 2.25. The molecule has 0 spiro atoms. The van der Waals surface area contributed by atoms with Gasteiger partial charge in [-0.3, -0.25) is 0 Å². The monoisotopic (exact) mass is 281 g/mol. The topological polar surface area (TPSA) is 59.6 Å². The standard InChI is InChI=1S/C16H15N3S/c1-10-6-16(12(3)20-10)11(2)19-15-5-4-13(8-17)14(7-15)9-18/h4-7,11,19H,1-3H3. The van der Waals surface area contributed by atoms with Crippen molar-refractivity contribution in [3.8, 4) is 12.1 Å². The summed E-state index contributed by atoms with van der Waals surface area (Å²) in [6, 6.07) is 11.7. The van der Waals surface area contributed by atoms with Gasteiger partial charge in [0.05, 0.1) is 11.1 Å². The molecule has 1 unspecified atom stereocenters. The third kappa shape index (κ3) is 2.82. The van der Waals surface area contributed by atoms with Crippen LogP contribution >= 0.6 is 11.3 Å². The number of nitrogens with zero attached hydrogens (tertiary/aromatic N) is 2. The largest absolute Gasteiger partial charge is 0.378 e. The average Bonchev–Trinajstić information content (AvgIpc) is 2.77. The van der Waals surface area contributed by atoms with Gasteiger partial charge in [-0.25, -0.2) is 0 Å². The molecule has 100 valence electrons. The minimum absolute atomic E-state index is 0.166. The molecule has 20 heavy (non-hydrogen) atoms. The first-order chi connectivity index (χ1) is 9.55. The number of benzene rings is 1. The van der Waals surface area contributed by atoms with Crippen LogP contribution in [0, 0.1) is 36.5 Å². The van der Waals surface area contributed by atoms with Gasteiger partial charge in [-0.1, -0.05) is 0 Å². The molecule has 0 amide bonds. The van der Waals surface area contributed by atoms with Crippen molar-refractivity contribution in [3.05, 3.63) is 50.7 Å². The Hall–Kier alpha value is -2.30. The summed E-state index contributed by atoms with van der Waals surface area (Å²) in [5, 5.41) is 21.3. The van der Waals surface area contributed by atoms with Crippen molar-refractivity contribution >= 4 is 17.0 Å². The van der Waals surface area contributed by atoms with Crippen LogP contribution in [0.15, 0.2) is 24.3 Å². The molecule has 0 fully saturated rings. The van der Waals surface area contributed by atoms with Gasteiger partial charge in [0, 0.05) is 21.5 Å². The molecule has 0 aliphatic heterocycles. The van der Waals surface area contributed by atoms with Crippen LogP contribution in [0.2, 0.25) is 0 Å². The molecule has 2 aromatic rings. The van der Waals surface area contributed by atoms with Crippen molar-refractivity contribution < 1.29 is 0 Å². The molecule has 1 heterocycles. The second kappa shape index (κ2) is 5.77. The zero-order chi connectivity index (χ0) is 14.7. The van der Waals surface area contributed by atoms with Gasteiger partial charge in [0.15, 0.2) is 0 Å². The summed E-state index contributed by atoms with van der Waals surface area (Å²) in [4.78, 5) is 2.60. The highest BCUT2D eigenvalue weighted by atomic mass is 32.1. The van der Waals surface area contributed by atoms with E-state index in [4.69, 9.17) is 10.5 Å². The van der Waals surface area contributed by atoms with Crippen molar-refractivity contribution in [1.29, 1.82) is 10.5 Å². The smallest absolute Gasteiger partial charge is 0.101 e. The first-order valence-electron chi connectivity index (χ1n) is 6.33. The van der Waals surface area contributed by atoms with Crippen LogP contribution in [-0.4, -0.2) is 0 Å². The third-order valence-corrected chi connectivity index (χ3v) is 4.17. The lowest BCUT2D eigenvalue weighted by molar-refractivity contribution is 0.881. The number of hydrogen-bond donors (Lipinski definition) is 1. The van der Waals surface area contributed by atoms with Crippen LogP contribution in [0.4, 0.5) is 5.69 Å². The van der Waals surface area contributed by atoms with Crippen LogP contribution in [0.3, 0.4) is 0 Å². The lowest BCUT2D eigenvalue weighted by Crippen LogP contribution is -2.07. The van der Waals surface area contributed by atoms with E-state index in [2.05, 4.69) is 38.2 Å². The van der Waals surface area contributed by atoms with E-state index in [9.17, 15) is 0 Å². The van der Waals surface area contributed by atoms with Crippen molar-refractivity contribution in [1.82, 2.24) is 0 Å². The summed E-state index contributed by atoms with van der Waals surface area (Å²) >= 11 is 1.79. The first kappa shape index (κ1) is 14.1. The number of aryl methyl sites for hydroxylation is 2. The van der Waals surface area contributed by atoms with E-state index in [-0.39, 0.29) is 6.04 Å². The average molecular weight is 281 g/mol. The van der Waals surface area contributed by atoms with Crippen molar-refractivity contribution in [2.24, 2.45) is 0 Å². The lowest BCUT2D eigenvalue weighted by atomic mass is 10.1. The molecule has 3 nitrogen and oxygen atoms in total. The maximum Gasteiger partial charge on any atom is 0.101 e. The van der Waals surface area contributed by atoms with Gasteiger partial charge in [0.1, 0.15) is 12.1 Å². The Morgan fingerprint density at radius 3 is 2.35 bits per heavy atom. The Morgan fingerprint density at radius 1 is 1.10 bits per heavy atom. The maximum absolute atomic E-state index is 9.05. The van der Waals surface area contributed by atoms with Crippen LogP contribution in [0.25, 0.3) is 0 Å². The molecule has 1 N–H and O–H groups in total. The molecule has 1 aromatic carbocycles. The number of rotatable bonds is 3. The van der Waals surface area contributed by atoms with E-state index in [1.165, 1.54) is 15.3 Å². The number of thiophene rings is 1. The quantitative estimate of drug-likeness (QED) is 0.913. The van der Waals surface area contributed by atoms with E-state index in [0.29, 0.717) is 11.1 Å². The highest BCUT2D eigenvalue weighted by Gasteiger charge is 2.12. The molecular weight excluding hydrogens is 266 g/mol. The summed E-state index contributed by atoms with van der Waals surface area (Å²) in [5.74, 6) is 0. The summed E-state index contributed by atoms with van der Waals surface area (Å²) in [6.45, 7) is 6.31. The van der Waals surface area contributed by atoms with Gasteiger partial charge in [0.2, 0.25) is 0 Å². The fraction of sp³-hybridized carbons (Fsp3) is 0.250. The second-order valence-electron chi connectivity index (χ2n) is 4.72. The van der Waals surface area contributed by atoms with E-state index in [1.807, 2.05) is 12.1 Å². The van der Waals surface area contributed by atoms with Gasteiger partial charge in [-0.05, 0) is 50.6 Å². The predicted octanol–water partition coefficient (Wildman–Crippen LogP) is 4.28. The van der Waals surface area contributed by atoms with Crippen molar-refractivity contribution in [2.75, 3.05) is 5.32 Å². The fourth-order valence-electron chi connectivity index (χ4n) is 2.23. The molecule has 0 aliphatic rings. The lowest BCUT2D eigenvalue weighted by Gasteiger charge is -2.15. The molecule has 1 aromatic heterocycles. The number of nitrogens with one attached hydrogen (secondary N) is 1. The van der Waals surface area contributed by atoms with E-state index < -0.39 is 0 Å². The van der Waals surface area contributed by atoms with Crippen LogP contribution in [-0.2, 0) is 0 Å². The molecule has 1 atom stereocenters. The zero-order valence-electron chi connectivity index (χ0n) is 11.7. The van der Waals surface area contributed by atoms with E-state index in [0.717, 1.165) is 5.69 Å². The molecule has 2 rings (SSSR count). The minimum Gasteiger partial charge on any atom is -0.378 e. The highest BCUT2D eigenvalue weighted by molar-refractivity contribution is 7.12. The second-order valence-corrected chi connectivity index (χ2v) is 6.18. The molecule has 0 saturated heterocycles. The van der Waals surface area contributed by atoms with Gasteiger partial charge in [-0.2, -0.15) is 10.5 Å². The Kier molecular flexibility index (Phi) is 4.08. The Morgan fingerprint density at radius 2 is 1.80 bits per heavy atom. The van der Waals surface area contributed by atoms with E-state index >= 15 is 0 Å². The number of hydrogen-bond acceptors (Lipinski definition) is 4. The van der Waals surface area contributed by atoms with Gasteiger partial charge < -0.3 is 5.32 Å². The summed E-state index contributed by atoms with van der Waals surface area (Å²) in [5.41, 5.74) is 2.95. The minimum atomic E-state index is 0.166. The molecule has 0 aliphatic carbocycles. The van der Waals surface area contributed by atoms with Crippen molar-refractivity contribution in [3.63, 3.8) is 0 Å². The Labute approximate surface area is 123 Å². The molecular formula is C16H15N3S. The predicted molar refractivity (Wildman–Crippen MR) is 81.7 cm³/mol. The first-order valence-corrected chi connectivity index (χ1v) is 7.14. The third-order valence-electron chi connectivity index (χ3n) is 3.19. The SMILES string of the molecule is Cc1cc(C(C)Nc2ccc(C#N)c(C#N)c2)c(C)s1. The van der Waals surface area contributed by atoms with Crippen molar-refractivity contribution in [2.45, 2.75) is 26.8 Å². The molecule has 0 bridgehead atoms. The van der Waals surface area contributed by atoms with Gasteiger partial charge >= 0.3 is 0 Å². The van der Waals surface area contributed by atoms with Crippen LogP contribution in [0.1, 0.15) is 39.4 Å². The highest BCUT2D eigenvalue weighted by Crippen LogP contribution is 2.29. The number of anilines is 1. The number of nitriles is 2. The maximum atomic E-state index is 9.05. The summed E-state index contributed by atoms with van der Waals surface area (Å²) < 4.78 is 0. The Bertz CT molecular complexity index is 716. The van der Waals surface area contributed by atoms with E-state index in [1.54, 1.807) is 23.5 Å². The molecule has 0 saturated carbocycles. The fourth-order valence-corrected chi connectivity index (χ4v) is 3.25. The summed E-state index contributed by atoms with van der Waals surface area (Å²) in [7, 11) is 0. The van der Waals surface area contributed by atoms with Crippen LogP contribution in [0.5, 0.6) is 0 Å². The van der Waals surface area contributed by atoms with Crippen LogP contribution < -0.4 is 5.32 Å². The normalized spacial score (nSPS) is 11.4. The van der Waals surface area contributed by atoms with Gasteiger partial charge in [-0.15, -0.1) is 11.3 Å². The zero-order valence-corrected chi connectivity index (χ0v) is 12.5. The molecule has 4 heteroatoms. The molecule has 0 radical (unpaired) electrons. The van der Waals surface area contributed by atoms with Gasteiger partial charge in [0.25, 0.3) is 0 Å². The summed E-state index contributed by atoms with van der Waals surface area (Å²) in [6.07, 6.45) is 0.